The van der Waals surface area contributed by atoms with Gasteiger partial charge in [-0.3, -0.25) is 4.79 Å². The first kappa shape index (κ1) is 26.1. The number of thioether (sulfide) groups is 1. The van der Waals surface area contributed by atoms with Crippen LogP contribution < -0.4 is 15.5 Å². The number of amides is 3. The number of rotatable bonds is 9. The van der Waals surface area contributed by atoms with Gasteiger partial charge in [-0.05, 0) is 38.0 Å². The fourth-order valence-corrected chi connectivity index (χ4v) is 4.69. The summed E-state index contributed by atoms with van der Waals surface area (Å²) in [6.07, 6.45) is 3.21. The van der Waals surface area contributed by atoms with Crippen molar-refractivity contribution in [1.82, 2.24) is 20.2 Å². The van der Waals surface area contributed by atoms with Gasteiger partial charge in [0.25, 0.3) is 0 Å². The van der Waals surface area contributed by atoms with Gasteiger partial charge in [-0.1, -0.05) is 55.3 Å². The molecule has 0 saturated carbocycles. The Morgan fingerprint density at radius 1 is 1.21 bits per heavy atom. The molecule has 1 aromatic carbocycles. The summed E-state index contributed by atoms with van der Waals surface area (Å²) in [6.45, 7) is 8.64. The Hall–Kier alpha value is -2.52. The predicted molar refractivity (Wildman–Crippen MR) is 139 cm³/mol. The summed E-state index contributed by atoms with van der Waals surface area (Å²) < 4.78 is 0. The fourth-order valence-electron chi connectivity index (χ4n) is 3.78. The number of carbonyl (C=O) groups is 2. The molecule has 0 bridgehead atoms. The highest BCUT2D eigenvalue weighted by Crippen LogP contribution is 2.24. The summed E-state index contributed by atoms with van der Waals surface area (Å²) in [5, 5.41) is 6.71. The molecule has 8 nitrogen and oxygen atoms in total. The predicted octanol–water partition coefficient (Wildman–Crippen LogP) is 4.58. The molecule has 0 spiro atoms. The third kappa shape index (κ3) is 7.77. The Kier molecular flexibility index (Phi) is 9.83. The van der Waals surface area contributed by atoms with Crippen molar-refractivity contribution in [2.45, 2.75) is 51.2 Å². The van der Waals surface area contributed by atoms with Gasteiger partial charge >= 0.3 is 6.03 Å². The van der Waals surface area contributed by atoms with Crippen molar-refractivity contribution in [3.8, 4) is 0 Å². The van der Waals surface area contributed by atoms with Crippen LogP contribution in [-0.2, 0) is 4.79 Å². The second-order valence-electron chi connectivity index (χ2n) is 8.47. The maximum Gasteiger partial charge on any atom is 0.322 e. The lowest BCUT2D eigenvalue weighted by molar-refractivity contribution is -0.118. The van der Waals surface area contributed by atoms with E-state index in [9.17, 15) is 9.59 Å². The third-order valence-corrected chi connectivity index (χ3v) is 6.62. The van der Waals surface area contributed by atoms with Crippen LogP contribution in [0, 0.1) is 6.92 Å². The van der Waals surface area contributed by atoms with Gasteiger partial charge in [0.05, 0.1) is 5.75 Å². The van der Waals surface area contributed by atoms with Crippen molar-refractivity contribution >= 4 is 46.8 Å². The van der Waals surface area contributed by atoms with E-state index in [1.807, 2.05) is 43.0 Å². The standard InChI is InChI=1S/C24H33ClN6O2S/c1-4-5-6-10-26-22(32)16-34-23-28-20(25)14-21(29-23)30-11-12-31(18(3)15-30)24(33)27-19-9-7-8-17(2)13-19/h7-9,13-14,18H,4-6,10-12,15-16H2,1-3H3,(H,26,32)(H,27,33). The van der Waals surface area contributed by atoms with Crippen molar-refractivity contribution in [2.75, 3.05) is 42.1 Å². The van der Waals surface area contributed by atoms with Gasteiger partial charge in [-0.15, -0.1) is 0 Å². The summed E-state index contributed by atoms with van der Waals surface area (Å²) >= 11 is 7.53. The van der Waals surface area contributed by atoms with E-state index in [-0.39, 0.29) is 23.7 Å². The summed E-state index contributed by atoms with van der Waals surface area (Å²) in [5.41, 5.74) is 1.89. The van der Waals surface area contributed by atoms with Crippen LogP contribution in [0.25, 0.3) is 0 Å². The molecule has 1 fully saturated rings. The average molecular weight is 505 g/mol. The number of benzene rings is 1. The molecule has 0 aliphatic carbocycles. The van der Waals surface area contributed by atoms with E-state index in [4.69, 9.17) is 11.6 Å². The highest BCUT2D eigenvalue weighted by Gasteiger charge is 2.28. The number of piperazine rings is 1. The second-order valence-corrected chi connectivity index (χ2v) is 9.79. The van der Waals surface area contributed by atoms with Crippen LogP contribution >= 0.6 is 23.4 Å². The lowest BCUT2D eigenvalue weighted by atomic mass is 10.2. The van der Waals surface area contributed by atoms with E-state index in [1.165, 1.54) is 11.8 Å². The number of aryl methyl sites for hydroxylation is 1. The van der Waals surface area contributed by atoms with Crippen LogP contribution in [0.1, 0.15) is 38.7 Å². The minimum Gasteiger partial charge on any atom is -0.355 e. The maximum absolute atomic E-state index is 12.8. The van der Waals surface area contributed by atoms with Gasteiger partial charge < -0.3 is 20.4 Å². The molecule has 2 heterocycles. The van der Waals surface area contributed by atoms with E-state index in [0.717, 1.165) is 30.5 Å². The Balaban J connectivity index is 1.55. The molecule has 2 N–H and O–H groups in total. The lowest BCUT2D eigenvalue weighted by Crippen LogP contribution is -2.55. The first-order valence-electron chi connectivity index (χ1n) is 11.7. The topological polar surface area (TPSA) is 90.5 Å². The number of nitrogens with one attached hydrogen (secondary N) is 2. The molecule has 0 radical (unpaired) electrons. The van der Waals surface area contributed by atoms with E-state index >= 15 is 0 Å². The van der Waals surface area contributed by atoms with Gasteiger partial charge in [0.15, 0.2) is 5.16 Å². The number of nitrogens with zero attached hydrogens (tertiary/aromatic N) is 4. The normalized spacial score (nSPS) is 15.8. The highest BCUT2D eigenvalue weighted by atomic mass is 35.5. The van der Waals surface area contributed by atoms with Crippen molar-refractivity contribution in [1.29, 1.82) is 0 Å². The second kappa shape index (κ2) is 12.8. The van der Waals surface area contributed by atoms with Gasteiger partial charge in [0, 0.05) is 44.0 Å². The maximum atomic E-state index is 12.8. The molecule has 10 heteroatoms. The van der Waals surface area contributed by atoms with Crippen LogP contribution in [0.2, 0.25) is 5.15 Å². The Morgan fingerprint density at radius 3 is 2.76 bits per heavy atom. The zero-order valence-electron chi connectivity index (χ0n) is 20.0. The molecule has 3 amide bonds. The first-order valence-corrected chi connectivity index (χ1v) is 13.1. The third-order valence-electron chi connectivity index (χ3n) is 5.58. The van der Waals surface area contributed by atoms with Crippen LogP contribution in [0.4, 0.5) is 16.3 Å². The zero-order valence-corrected chi connectivity index (χ0v) is 21.6. The fraction of sp³-hybridized carbons (Fsp3) is 0.500. The number of halogens is 1. The highest BCUT2D eigenvalue weighted by molar-refractivity contribution is 7.99. The number of hydrogen-bond donors (Lipinski definition) is 2. The van der Waals surface area contributed by atoms with Crippen LogP contribution in [0.15, 0.2) is 35.5 Å². The van der Waals surface area contributed by atoms with E-state index in [2.05, 4.69) is 32.4 Å². The van der Waals surface area contributed by atoms with Gasteiger partial charge in [0.2, 0.25) is 5.91 Å². The minimum atomic E-state index is -0.111. The SMILES string of the molecule is CCCCCNC(=O)CSc1nc(Cl)cc(N2CCN(C(=O)Nc3cccc(C)c3)C(C)C2)n1. The number of aromatic nitrogens is 2. The summed E-state index contributed by atoms with van der Waals surface area (Å²) in [4.78, 5) is 37.7. The molecule has 3 rings (SSSR count). The van der Waals surface area contributed by atoms with Crippen molar-refractivity contribution in [3.05, 3.63) is 41.0 Å². The molecule has 1 atom stereocenters. The van der Waals surface area contributed by atoms with Crippen molar-refractivity contribution in [2.24, 2.45) is 0 Å². The monoisotopic (exact) mass is 504 g/mol. The van der Waals surface area contributed by atoms with Crippen LogP contribution in [0.5, 0.6) is 0 Å². The van der Waals surface area contributed by atoms with Gasteiger partial charge in [0.1, 0.15) is 11.0 Å². The molecule has 34 heavy (non-hydrogen) atoms. The number of anilines is 2. The number of urea groups is 1. The van der Waals surface area contributed by atoms with Crippen molar-refractivity contribution < 1.29 is 9.59 Å². The van der Waals surface area contributed by atoms with E-state index in [0.29, 0.717) is 42.3 Å². The smallest absolute Gasteiger partial charge is 0.322 e. The Labute approximate surface area is 210 Å². The van der Waals surface area contributed by atoms with E-state index in [1.54, 1.807) is 6.07 Å². The summed E-state index contributed by atoms with van der Waals surface area (Å²) in [5.74, 6) is 0.916. The Morgan fingerprint density at radius 2 is 2.03 bits per heavy atom. The van der Waals surface area contributed by atoms with Gasteiger partial charge in [-0.2, -0.15) is 0 Å². The molecule has 1 aliphatic heterocycles. The zero-order chi connectivity index (χ0) is 24.5. The first-order chi connectivity index (χ1) is 16.4. The molecular weight excluding hydrogens is 472 g/mol. The molecule has 1 aliphatic rings. The lowest BCUT2D eigenvalue weighted by Gasteiger charge is -2.40. The average Bonchev–Trinajstić information content (AvgIpc) is 2.80. The molecular formula is C24H33ClN6O2S. The van der Waals surface area contributed by atoms with Crippen molar-refractivity contribution in [3.63, 3.8) is 0 Å². The summed E-state index contributed by atoms with van der Waals surface area (Å²) in [6, 6.07) is 9.36. The quantitative estimate of drug-likeness (QED) is 0.225. The summed E-state index contributed by atoms with van der Waals surface area (Å²) in [7, 11) is 0. The molecule has 2 aromatic rings. The number of hydrogen-bond acceptors (Lipinski definition) is 6. The molecule has 184 valence electrons. The van der Waals surface area contributed by atoms with E-state index < -0.39 is 0 Å². The van der Waals surface area contributed by atoms with Crippen LogP contribution in [0.3, 0.4) is 0 Å². The minimum absolute atomic E-state index is 0.0164. The molecule has 1 unspecified atom stereocenters. The number of carbonyl (C=O) groups excluding carboxylic acids is 2. The number of unbranched alkanes of at least 4 members (excludes halogenated alkanes) is 2. The molecule has 1 saturated heterocycles. The van der Waals surface area contributed by atoms with Gasteiger partial charge in [-0.25, -0.2) is 14.8 Å². The Bertz CT molecular complexity index is 992. The molecule has 1 aromatic heterocycles. The van der Waals surface area contributed by atoms with Crippen LogP contribution in [-0.4, -0.2) is 64.8 Å². The largest absolute Gasteiger partial charge is 0.355 e.